The van der Waals surface area contributed by atoms with Gasteiger partial charge in [-0.25, -0.2) is 4.79 Å². The van der Waals surface area contributed by atoms with E-state index in [0.717, 1.165) is 11.8 Å². The molecule has 2 amide bonds. The Bertz CT molecular complexity index is 472. The first-order chi connectivity index (χ1) is 10.3. The highest BCUT2D eigenvalue weighted by Crippen LogP contribution is 2.65. The molecule has 3 saturated carbocycles. The molecule has 22 heavy (non-hydrogen) atoms. The molecule has 0 aromatic heterocycles. The number of aliphatic hydroxyl groups is 1. The predicted molar refractivity (Wildman–Crippen MR) is 71.9 cm³/mol. The van der Waals surface area contributed by atoms with Gasteiger partial charge >= 0.3 is 12.2 Å². The highest BCUT2D eigenvalue weighted by atomic mass is 19.4. The van der Waals surface area contributed by atoms with Crippen molar-refractivity contribution in [2.75, 3.05) is 13.1 Å². The summed E-state index contributed by atoms with van der Waals surface area (Å²) >= 11 is 0. The van der Waals surface area contributed by atoms with E-state index in [1.54, 1.807) is 0 Å². The molecule has 0 spiro atoms. The Labute approximate surface area is 127 Å². The number of amides is 2. The summed E-state index contributed by atoms with van der Waals surface area (Å²) in [5.74, 6) is 2.72. The number of nitrogens with zero attached hydrogens (tertiary/aromatic N) is 1. The van der Waals surface area contributed by atoms with E-state index >= 15 is 0 Å². The lowest BCUT2D eigenvalue weighted by atomic mass is 9.91. The van der Waals surface area contributed by atoms with Crippen LogP contribution in [0.1, 0.15) is 32.1 Å². The molecule has 1 saturated heterocycles. The van der Waals surface area contributed by atoms with E-state index < -0.39 is 24.6 Å². The van der Waals surface area contributed by atoms with E-state index in [9.17, 15) is 23.1 Å². The molecule has 1 aliphatic heterocycles. The molecule has 0 aromatic rings. The van der Waals surface area contributed by atoms with Crippen LogP contribution in [-0.4, -0.2) is 46.9 Å². The normalized spacial score (nSPS) is 42.2. The average molecular weight is 318 g/mol. The van der Waals surface area contributed by atoms with E-state index in [-0.39, 0.29) is 25.2 Å². The van der Waals surface area contributed by atoms with E-state index in [2.05, 4.69) is 5.32 Å². The molecular formula is C15H21F3N2O2. The molecule has 4 atom stereocenters. The fourth-order valence-electron chi connectivity index (χ4n) is 5.12. The van der Waals surface area contributed by atoms with Crippen LogP contribution in [0.25, 0.3) is 0 Å². The number of hydrogen-bond donors (Lipinski definition) is 2. The molecule has 124 valence electrons. The third kappa shape index (κ3) is 2.04. The molecule has 1 heterocycles. The SMILES string of the molecule is O=C(NC1C2C3CCC(C3)C12)N1CCC(O)(C(F)(F)F)CC1. The van der Waals surface area contributed by atoms with E-state index in [1.165, 1.54) is 24.2 Å². The Morgan fingerprint density at radius 2 is 1.68 bits per heavy atom. The number of piperidine rings is 1. The molecule has 4 aliphatic rings. The fourth-order valence-corrected chi connectivity index (χ4v) is 5.12. The zero-order chi connectivity index (χ0) is 15.7. The molecule has 4 unspecified atom stereocenters. The van der Waals surface area contributed by atoms with Crippen LogP contribution in [0, 0.1) is 23.7 Å². The van der Waals surface area contributed by atoms with Crippen molar-refractivity contribution in [2.45, 2.75) is 49.9 Å². The van der Waals surface area contributed by atoms with E-state index in [4.69, 9.17) is 0 Å². The van der Waals surface area contributed by atoms with Crippen LogP contribution >= 0.6 is 0 Å². The van der Waals surface area contributed by atoms with Crippen molar-refractivity contribution in [1.82, 2.24) is 10.2 Å². The molecule has 2 bridgehead atoms. The Morgan fingerprint density at radius 3 is 2.18 bits per heavy atom. The van der Waals surface area contributed by atoms with Gasteiger partial charge < -0.3 is 15.3 Å². The summed E-state index contributed by atoms with van der Waals surface area (Å²) in [5.41, 5.74) is -2.64. The number of urea groups is 1. The summed E-state index contributed by atoms with van der Waals surface area (Å²) in [6, 6.07) is -0.0230. The first kappa shape index (κ1) is 14.6. The van der Waals surface area contributed by atoms with Gasteiger partial charge in [-0.3, -0.25) is 0 Å². The predicted octanol–water partition coefficient (Wildman–Crippen LogP) is 2.13. The van der Waals surface area contributed by atoms with Gasteiger partial charge in [0.05, 0.1) is 0 Å². The number of carbonyl (C=O) groups is 1. The first-order valence-electron chi connectivity index (χ1n) is 8.15. The molecule has 3 aliphatic carbocycles. The average Bonchev–Trinajstić information content (AvgIpc) is 2.83. The smallest absolute Gasteiger partial charge is 0.380 e. The van der Waals surface area contributed by atoms with Gasteiger partial charge in [-0.15, -0.1) is 0 Å². The second kappa shape index (κ2) is 4.52. The monoisotopic (exact) mass is 318 g/mol. The number of halogens is 3. The zero-order valence-electron chi connectivity index (χ0n) is 12.3. The van der Waals surface area contributed by atoms with Crippen LogP contribution < -0.4 is 5.32 Å². The number of fused-ring (bicyclic) bond motifs is 5. The van der Waals surface area contributed by atoms with Crippen LogP contribution in [-0.2, 0) is 0 Å². The maximum Gasteiger partial charge on any atom is 0.417 e. The van der Waals surface area contributed by atoms with Gasteiger partial charge in [-0.2, -0.15) is 13.2 Å². The molecule has 4 nitrogen and oxygen atoms in total. The van der Waals surface area contributed by atoms with Crippen molar-refractivity contribution in [3.8, 4) is 0 Å². The van der Waals surface area contributed by atoms with Crippen molar-refractivity contribution in [3.05, 3.63) is 0 Å². The molecule has 4 fully saturated rings. The van der Waals surface area contributed by atoms with Gasteiger partial charge in [0.15, 0.2) is 5.60 Å². The summed E-state index contributed by atoms with van der Waals surface area (Å²) < 4.78 is 38.3. The lowest BCUT2D eigenvalue weighted by molar-refractivity contribution is -0.271. The summed E-state index contributed by atoms with van der Waals surface area (Å²) in [5, 5.41) is 12.6. The van der Waals surface area contributed by atoms with Crippen LogP contribution in [0.15, 0.2) is 0 Å². The van der Waals surface area contributed by atoms with E-state index in [1.807, 2.05) is 0 Å². The number of alkyl halides is 3. The number of likely N-dealkylation sites (tertiary alicyclic amines) is 1. The maximum atomic E-state index is 12.8. The quantitative estimate of drug-likeness (QED) is 0.778. The lowest BCUT2D eigenvalue weighted by Gasteiger charge is -2.39. The van der Waals surface area contributed by atoms with Gasteiger partial charge in [0.2, 0.25) is 0 Å². The minimum atomic E-state index is -4.62. The van der Waals surface area contributed by atoms with Crippen molar-refractivity contribution in [1.29, 1.82) is 0 Å². The van der Waals surface area contributed by atoms with Crippen molar-refractivity contribution in [2.24, 2.45) is 23.7 Å². The topological polar surface area (TPSA) is 52.6 Å². The van der Waals surface area contributed by atoms with Gasteiger partial charge in [0, 0.05) is 32.0 Å². The number of carbonyl (C=O) groups excluding carboxylic acids is 1. The Kier molecular flexibility index (Phi) is 3.00. The number of nitrogens with one attached hydrogen (secondary N) is 1. The Balaban J connectivity index is 1.31. The van der Waals surface area contributed by atoms with Crippen molar-refractivity contribution in [3.63, 3.8) is 0 Å². The van der Waals surface area contributed by atoms with Crippen molar-refractivity contribution >= 4 is 6.03 Å². The summed E-state index contributed by atoms with van der Waals surface area (Å²) in [4.78, 5) is 13.6. The lowest BCUT2D eigenvalue weighted by Crippen LogP contribution is -2.56. The fraction of sp³-hybridized carbons (Fsp3) is 0.933. The van der Waals surface area contributed by atoms with Gasteiger partial charge in [0.25, 0.3) is 0 Å². The van der Waals surface area contributed by atoms with E-state index in [0.29, 0.717) is 11.8 Å². The third-order valence-electron chi connectivity index (χ3n) is 6.43. The van der Waals surface area contributed by atoms with Gasteiger partial charge in [-0.05, 0) is 42.9 Å². The minimum absolute atomic E-state index is 0.0449. The van der Waals surface area contributed by atoms with Crippen LogP contribution in [0.2, 0.25) is 0 Å². The number of hydrogen-bond acceptors (Lipinski definition) is 2. The number of rotatable bonds is 1. The van der Waals surface area contributed by atoms with Crippen LogP contribution in [0.5, 0.6) is 0 Å². The maximum absolute atomic E-state index is 12.8. The largest absolute Gasteiger partial charge is 0.417 e. The summed E-state index contributed by atoms with van der Waals surface area (Å²) in [6.45, 7) is -0.0898. The Morgan fingerprint density at radius 1 is 1.14 bits per heavy atom. The second-order valence-electron chi connectivity index (χ2n) is 7.48. The molecular weight excluding hydrogens is 297 g/mol. The van der Waals surface area contributed by atoms with Gasteiger partial charge in [0.1, 0.15) is 0 Å². The standard InChI is InChI=1S/C15H21F3N2O2/c16-15(17,18)14(22)3-5-20(6-4-14)13(21)19-12-10-8-1-2-9(7-8)11(10)12/h8-12,22H,1-7H2,(H,19,21). The molecule has 2 N–H and O–H groups in total. The summed E-state index contributed by atoms with van der Waals surface area (Å²) in [6.07, 6.45) is -1.67. The molecule has 4 rings (SSSR count). The Hall–Kier alpha value is -0.980. The molecule has 0 aromatic carbocycles. The first-order valence-corrected chi connectivity index (χ1v) is 8.15. The third-order valence-corrected chi connectivity index (χ3v) is 6.43. The van der Waals surface area contributed by atoms with Crippen molar-refractivity contribution < 1.29 is 23.1 Å². The molecule has 7 heteroatoms. The molecule has 0 radical (unpaired) electrons. The van der Waals surface area contributed by atoms with Gasteiger partial charge in [-0.1, -0.05) is 0 Å². The van der Waals surface area contributed by atoms with Crippen LogP contribution in [0.3, 0.4) is 0 Å². The van der Waals surface area contributed by atoms with Crippen LogP contribution in [0.4, 0.5) is 18.0 Å². The second-order valence-corrected chi connectivity index (χ2v) is 7.48. The summed E-state index contributed by atoms with van der Waals surface area (Å²) in [7, 11) is 0. The highest BCUT2D eigenvalue weighted by molar-refractivity contribution is 5.75. The zero-order valence-corrected chi connectivity index (χ0v) is 12.3. The highest BCUT2D eigenvalue weighted by Gasteiger charge is 2.65. The minimum Gasteiger partial charge on any atom is -0.380 e.